The first kappa shape index (κ1) is 16.7. The number of hydrogen-bond acceptors (Lipinski definition) is 6. The van der Waals surface area contributed by atoms with Gasteiger partial charge in [-0.2, -0.15) is 0 Å². The normalized spacial score (nSPS) is 19.6. The van der Waals surface area contributed by atoms with Crippen LogP contribution < -0.4 is 4.90 Å². The number of aryl methyl sites for hydroxylation is 2. The van der Waals surface area contributed by atoms with Crippen LogP contribution in [0.4, 0.5) is 5.82 Å². The first-order valence-corrected chi connectivity index (χ1v) is 9.79. The molecule has 2 aromatic rings. The second-order valence-corrected chi connectivity index (χ2v) is 8.06. The molecule has 2 aliphatic heterocycles. The van der Waals surface area contributed by atoms with E-state index in [2.05, 4.69) is 28.7 Å². The number of piperidine rings is 1. The molecule has 2 saturated heterocycles. The molecule has 7 heteroatoms. The lowest BCUT2D eigenvalue weighted by molar-refractivity contribution is -0.140. The molecule has 0 radical (unpaired) electrons. The summed E-state index contributed by atoms with van der Waals surface area (Å²) >= 11 is 1.73. The maximum absolute atomic E-state index is 12.7. The third-order valence-electron chi connectivity index (χ3n) is 5.41. The lowest BCUT2D eigenvalue weighted by Crippen LogP contribution is -2.47. The van der Waals surface area contributed by atoms with E-state index in [1.54, 1.807) is 17.7 Å². The number of morpholine rings is 1. The SMILES string of the molecule is Cc1sc2ncnc(N3CCC(C(=O)N4CCOCC4)CC3)c2c1C. The van der Waals surface area contributed by atoms with Crippen molar-refractivity contribution >= 4 is 33.3 Å². The lowest BCUT2D eigenvalue weighted by atomic mass is 9.95. The van der Waals surface area contributed by atoms with Crippen LogP contribution in [0.1, 0.15) is 23.3 Å². The van der Waals surface area contributed by atoms with Crippen molar-refractivity contribution in [3.05, 3.63) is 16.8 Å². The van der Waals surface area contributed by atoms with Crippen LogP contribution in [0.5, 0.6) is 0 Å². The fourth-order valence-electron chi connectivity index (χ4n) is 3.78. The van der Waals surface area contributed by atoms with Crippen LogP contribution in [0.15, 0.2) is 6.33 Å². The van der Waals surface area contributed by atoms with Gasteiger partial charge in [0.25, 0.3) is 0 Å². The van der Waals surface area contributed by atoms with Crippen molar-refractivity contribution in [1.29, 1.82) is 0 Å². The Morgan fingerprint density at radius 3 is 2.60 bits per heavy atom. The fourth-order valence-corrected chi connectivity index (χ4v) is 4.78. The van der Waals surface area contributed by atoms with Crippen LogP contribution in [0, 0.1) is 19.8 Å². The number of anilines is 1. The number of carbonyl (C=O) groups excluding carboxylic acids is 1. The first-order chi connectivity index (χ1) is 12.1. The Hall–Kier alpha value is -1.73. The third kappa shape index (κ3) is 3.11. The summed E-state index contributed by atoms with van der Waals surface area (Å²) in [6.45, 7) is 8.84. The second-order valence-electron chi connectivity index (χ2n) is 6.86. The van der Waals surface area contributed by atoms with Gasteiger partial charge in [0.1, 0.15) is 17.0 Å². The summed E-state index contributed by atoms with van der Waals surface area (Å²) < 4.78 is 5.35. The topological polar surface area (TPSA) is 58.6 Å². The highest BCUT2D eigenvalue weighted by molar-refractivity contribution is 7.18. The van der Waals surface area contributed by atoms with Crippen molar-refractivity contribution in [3.8, 4) is 0 Å². The molecule has 0 bridgehead atoms. The smallest absolute Gasteiger partial charge is 0.225 e. The predicted octanol–water partition coefficient (Wildman–Crippen LogP) is 2.38. The molecule has 4 rings (SSSR count). The van der Waals surface area contributed by atoms with Crippen molar-refractivity contribution in [2.45, 2.75) is 26.7 Å². The summed E-state index contributed by atoms with van der Waals surface area (Å²) in [6, 6.07) is 0. The monoisotopic (exact) mass is 360 g/mol. The van der Waals surface area contributed by atoms with Gasteiger partial charge in [-0.05, 0) is 32.3 Å². The van der Waals surface area contributed by atoms with Gasteiger partial charge in [0, 0.05) is 37.0 Å². The lowest BCUT2D eigenvalue weighted by Gasteiger charge is -2.36. The number of rotatable bonds is 2. The minimum Gasteiger partial charge on any atom is -0.378 e. The average Bonchev–Trinajstić information content (AvgIpc) is 2.96. The van der Waals surface area contributed by atoms with Crippen LogP contribution in [0.2, 0.25) is 0 Å². The van der Waals surface area contributed by atoms with E-state index in [9.17, 15) is 4.79 Å². The predicted molar refractivity (Wildman–Crippen MR) is 99.2 cm³/mol. The average molecular weight is 360 g/mol. The summed E-state index contributed by atoms with van der Waals surface area (Å²) in [5.74, 6) is 1.47. The van der Waals surface area contributed by atoms with Crippen LogP contribution in [0.3, 0.4) is 0 Å². The highest BCUT2D eigenvalue weighted by atomic mass is 32.1. The quantitative estimate of drug-likeness (QED) is 0.823. The first-order valence-electron chi connectivity index (χ1n) is 8.97. The molecule has 0 atom stereocenters. The summed E-state index contributed by atoms with van der Waals surface area (Å²) in [6.07, 6.45) is 3.45. The molecular weight excluding hydrogens is 336 g/mol. The zero-order valence-electron chi connectivity index (χ0n) is 14.8. The molecule has 2 aromatic heterocycles. The Morgan fingerprint density at radius 2 is 1.88 bits per heavy atom. The molecule has 0 N–H and O–H groups in total. The van der Waals surface area contributed by atoms with Gasteiger partial charge in [0.15, 0.2) is 0 Å². The Labute approximate surface area is 151 Å². The number of fused-ring (bicyclic) bond motifs is 1. The van der Waals surface area contributed by atoms with Gasteiger partial charge in [0.2, 0.25) is 5.91 Å². The Bertz CT molecular complexity index is 777. The third-order valence-corrected chi connectivity index (χ3v) is 6.53. The van der Waals surface area contributed by atoms with E-state index in [0.717, 1.165) is 49.7 Å². The number of thiophene rings is 1. The molecule has 0 aliphatic carbocycles. The molecular formula is C18H24N4O2S. The summed E-state index contributed by atoms with van der Waals surface area (Å²) in [4.78, 5) is 28.4. The number of hydrogen-bond donors (Lipinski definition) is 0. The van der Waals surface area contributed by atoms with Crippen molar-refractivity contribution in [2.75, 3.05) is 44.3 Å². The van der Waals surface area contributed by atoms with E-state index in [4.69, 9.17) is 4.74 Å². The largest absolute Gasteiger partial charge is 0.378 e. The highest BCUT2D eigenvalue weighted by Crippen LogP contribution is 2.35. The van der Waals surface area contributed by atoms with Crippen LogP contribution in [-0.2, 0) is 9.53 Å². The molecule has 134 valence electrons. The molecule has 25 heavy (non-hydrogen) atoms. The van der Waals surface area contributed by atoms with E-state index < -0.39 is 0 Å². The minimum absolute atomic E-state index is 0.136. The Balaban J connectivity index is 1.48. The maximum atomic E-state index is 12.7. The Morgan fingerprint density at radius 1 is 1.16 bits per heavy atom. The van der Waals surface area contributed by atoms with E-state index in [1.807, 2.05) is 4.90 Å². The maximum Gasteiger partial charge on any atom is 0.225 e. The van der Waals surface area contributed by atoms with E-state index >= 15 is 0 Å². The number of ether oxygens (including phenoxy) is 1. The molecule has 1 amide bonds. The molecule has 0 spiro atoms. The van der Waals surface area contributed by atoms with Crippen LogP contribution >= 0.6 is 11.3 Å². The molecule has 2 fully saturated rings. The van der Waals surface area contributed by atoms with Crippen molar-refractivity contribution in [1.82, 2.24) is 14.9 Å². The zero-order chi connectivity index (χ0) is 17.4. The number of amides is 1. The van der Waals surface area contributed by atoms with Crippen molar-refractivity contribution in [3.63, 3.8) is 0 Å². The van der Waals surface area contributed by atoms with E-state index in [-0.39, 0.29) is 5.92 Å². The molecule has 6 nitrogen and oxygen atoms in total. The second kappa shape index (κ2) is 6.88. The molecule has 0 saturated carbocycles. The van der Waals surface area contributed by atoms with Gasteiger partial charge in [-0.3, -0.25) is 4.79 Å². The van der Waals surface area contributed by atoms with Crippen molar-refractivity contribution in [2.24, 2.45) is 5.92 Å². The minimum atomic E-state index is 0.136. The van der Waals surface area contributed by atoms with E-state index in [1.165, 1.54) is 15.8 Å². The number of nitrogens with zero attached hydrogens (tertiary/aromatic N) is 4. The molecule has 0 aromatic carbocycles. The zero-order valence-corrected chi connectivity index (χ0v) is 15.6. The summed E-state index contributed by atoms with van der Waals surface area (Å²) in [5, 5.41) is 1.18. The van der Waals surface area contributed by atoms with Gasteiger partial charge in [-0.15, -0.1) is 11.3 Å². The summed E-state index contributed by atoms with van der Waals surface area (Å²) in [5.41, 5.74) is 1.28. The van der Waals surface area contributed by atoms with Gasteiger partial charge >= 0.3 is 0 Å². The Kier molecular flexibility index (Phi) is 4.60. The highest BCUT2D eigenvalue weighted by Gasteiger charge is 2.30. The number of aromatic nitrogens is 2. The van der Waals surface area contributed by atoms with E-state index in [0.29, 0.717) is 19.1 Å². The van der Waals surface area contributed by atoms with Gasteiger partial charge in [-0.25, -0.2) is 9.97 Å². The summed E-state index contributed by atoms with van der Waals surface area (Å²) in [7, 11) is 0. The molecule has 2 aliphatic rings. The van der Waals surface area contributed by atoms with Gasteiger partial charge in [-0.1, -0.05) is 0 Å². The standard InChI is InChI=1S/C18H24N4O2S/c1-12-13(2)25-17-15(12)16(19-11-20-17)21-5-3-14(4-6-21)18(23)22-7-9-24-10-8-22/h11,14H,3-10H2,1-2H3. The van der Waals surface area contributed by atoms with Gasteiger partial charge < -0.3 is 14.5 Å². The van der Waals surface area contributed by atoms with Crippen LogP contribution in [-0.4, -0.2) is 60.2 Å². The molecule has 4 heterocycles. The number of carbonyl (C=O) groups is 1. The fraction of sp³-hybridized carbons (Fsp3) is 0.611. The van der Waals surface area contributed by atoms with Crippen molar-refractivity contribution < 1.29 is 9.53 Å². The van der Waals surface area contributed by atoms with Crippen LogP contribution in [0.25, 0.3) is 10.2 Å². The van der Waals surface area contributed by atoms with Gasteiger partial charge in [0.05, 0.1) is 18.6 Å². The molecule has 0 unspecified atom stereocenters.